The fraction of sp³-hybridized carbons (Fsp3) is 0.726. The molecule has 1 amide bonds. The highest BCUT2D eigenvalue weighted by Gasteiger charge is 2.53. The zero-order valence-corrected chi connectivity index (χ0v) is 48.2. The predicted molar refractivity (Wildman–Crippen MR) is 309 cm³/mol. The minimum Gasteiger partial charge on any atom is -0.394 e. The molecule has 3 fully saturated rings. The van der Waals surface area contributed by atoms with Crippen LogP contribution in [-0.2, 0) is 33.2 Å². The quantitative estimate of drug-likeness (QED) is 0.0270. The zero-order chi connectivity index (χ0) is 59.0. The predicted octanol–water partition coefficient (Wildman–Crippen LogP) is 5.37. The van der Waals surface area contributed by atoms with Crippen LogP contribution in [0.3, 0.4) is 0 Å². The van der Waals surface area contributed by atoms with E-state index in [0.29, 0.717) is 19.3 Å². The van der Waals surface area contributed by atoms with E-state index in [0.717, 1.165) is 103 Å². The molecule has 12 N–H and O–H groups in total. The molecule has 0 bridgehead atoms. The van der Waals surface area contributed by atoms with Gasteiger partial charge in [0.25, 0.3) is 0 Å². The number of carbonyl (C=O) groups is 1. The molecule has 3 heterocycles. The van der Waals surface area contributed by atoms with Crippen LogP contribution in [0.2, 0.25) is 0 Å². The fourth-order valence-corrected chi connectivity index (χ4v) is 9.50. The molecule has 17 unspecified atom stereocenters. The minimum atomic E-state index is -1.97. The summed E-state index contributed by atoms with van der Waals surface area (Å²) in [5.41, 5.74) is 0. The molecular formula is C62H103NO18. The number of unbranched alkanes of at least 4 members (excludes halogenated alkanes) is 10. The number of aliphatic hydroxyl groups excluding tert-OH is 11. The standard InChI is InChI=1S/C62H103NO18/c1-3-5-7-8-9-10-11-12-13-14-15-16-17-18-19-20-21-22-23-24-25-26-27-28-29-30-31-32-33-34-35-36-38-40-50(68)63-45(46(67)39-37-6-4-2)44-76-60-56(74)53(71)58(48(42-65)78-60)81-62-57(75)54(72)59(49(43-66)79-62)80-61-55(73)52(70)51(69)47(41-64)77-61/h5,7,9-10,12-13,15-16,18-19,21-22,24-25,27-28,45-49,51-62,64-67,69-75H,3-4,6,8,11,14,17,20,23,26,29-44H2,1-2H3,(H,63,68)/b7-5-,10-9-,13-12-,16-15-,19-18-,22-21-,25-24-,28-27-. The topological polar surface area (TPSA) is 307 Å². The summed E-state index contributed by atoms with van der Waals surface area (Å²) < 4.78 is 34.0. The number of rotatable bonds is 42. The third-order valence-corrected chi connectivity index (χ3v) is 14.4. The number of ether oxygens (including phenoxy) is 6. The Bertz CT molecular complexity index is 1850. The molecule has 0 aromatic heterocycles. The Kier molecular flexibility index (Phi) is 39.3. The number of hydrogen-bond acceptors (Lipinski definition) is 18. The van der Waals surface area contributed by atoms with E-state index in [1.807, 2.05) is 6.92 Å². The van der Waals surface area contributed by atoms with Crippen LogP contribution in [0.25, 0.3) is 0 Å². The maximum Gasteiger partial charge on any atom is 0.220 e. The van der Waals surface area contributed by atoms with E-state index in [2.05, 4.69) is 109 Å². The van der Waals surface area contributed by atoms with Crippen molar-refractivity contribution in [2.45, 2.75) is 259 Å². The van der Waals surface area contributed by atoms with E-state index >= 15 is 0 Å². The van der Waals surface area contributed by atoms with Gasteiger partial charge in [0.15, 0.2) is 18.9 Å². The molecule has 0 aromatic rings. The lowest BCUT2D eigenvalue weighted by Crippen LogP contribution is -2.66. The Morgan fingerprint density at radius 2 is 0.852 bits per heavy atom. The number of carbonyl (C=O) groups excluding carboxylic acids is 1. The van der Waals surface area contributed by atoms with Crippen LogP contribution < -0.4 is 5.32 Å². The van der Waals surface area contributed by atoms with Gasteiger partial charge in [0.2, 0.25) is 5.91 Å². The van der Waals surface area contributed by atoms with Crippen molar-refractivity contribution in [3.63, 3.8) is 0 Å². The monoisotopic (exact) mass is 1150 g/mol. The van der Waals surface area contributed by atoms with Gasteiger partial charge in [0, 0.05) is 6.42 Å². The van der Waals surface area contributed by atoms with Gasteiger partial charge in [-0.1, -0.05) is 169 Å². The minimum absolute atomic E-state index is 0.247. The van der Waals surface area contributed by atoms with E-state index in [4.69, 9.17) is 28.4 Å². The van der Waals surface area contributed by atoms with Crippen molar-refractivity contribution in [1.29, 1.82) is 0 Å². The molecule has 81 heavy (non-hydrogen) atoms. The highest BCUT2D eigenvalue weighted by Crippen LogP contribution is 2.33. The lowest BCUT2D eigenvalue weighted by Gasteiger charge is -2.48. The van der Waals surface area contributed by atoms with Crippen LogP contribution in [0.15, 0.2) is 97.2 Å². The van der Waals surface area contributed by atoms with Gasteiger partial charge >= 0.3 is 0 Å². The summed E-state index contributed by atoms with van der Waals surface area (Å²) in [4.78, 5) is 13.1. The van der Waals surface area contributed by atoms with Crippen LogP contribution in [0, 0.1) is 0 Å². The molecule has 3 saturated heterocycles. The van der Waals surface area contributed by atoms with Gasteiger partial charge in [-0.2, -0.15) is 0 Å². The second kappa shape index (κ2) is 44.2. The molecule has 0 aliphatic carbocycles. The SMILES string of the molecule is CC/C=C\C/C=C\C/C=C\C/C=C\C/C=C\C/C=C\C/C=C\C/C=C\CCCCCCCCCCC(=O)NC(COC1OC(CO)C(OC2OC(CO)C(OC3OC(CO)C(O)C(O)C3O)C(O)C2O)C(O)C1O)C(O)CCCCC. The van der Waals surface area contributed by atoms with Crippen LogP contribution in [0.4, 0.5) is 0 Å². The van der Waals surface area contributed by atoms with Crippen LogP contribution in [0.5, 0.6) is 0 Å². The van der Waals surface area contributed by atoms with Crippen LogP contribution in [-0.4, -0.2) is 193 Å². The van der Waals surface area contributed by atoms with Gasteiger partial charge in [-0.15, -0.1) is 0 Å². The molecule has 3 aliphatic heterocycles. The second-order valence-corrected chi connectivity index (χ2v) is 21.1. The summed E-state index contributed by atoms with van der Waals surface area (Å²) in [5.74, 6) is -0.270. The number of amides is 1. The van der Waals surface area contributed by atoms with E-state index in [1.54, 1.807) is 0 Å². The maximum absolute atomic E-state index is 13.1. The maximum atomic E-state index is 13.1. The molecule has 19 nitrogen and oxygen atoms in total. The third kappa shape index (κ3) is 28.0. The van der Waals surface area contributed by atoms with Gasteiger partial charge in [-0.05, 0) is 77.0 Å². The van der Waals surface area contributed by atoms with Crippen molar-refractivity contribution in [1.82, 2.24) is 5.32 Å². The smallest absolute Gasteiger partial charge is 0.220 e. The number of allylic oxidation sites excluding steroid dienone is 16. The van der Waals surface area contributed by atoms with E-state index in [1.165, 1.54) is 12.8 Å². The summed E-state index contributed by atoms with van der Waals surface area (Å²) in [6, 6.07) is -0.894. The molecule has 0 radical (unpaired) electrons. The molecular weight excluding hydrogens is 1050 g/mol. The van der Waals surface area contributed by atoms with Crippen molar-refractivity contribution >= 4 is 5.91 Å². The van der Waals surface area contributed by atoms with E-state index in [-0.39, 0.29) is 18.9 Å². The molecule has 464 valence electrons. The average molecular weight is 1150 g/mol. The second-order valence-electron chi connectivity index (χ2n) is 21.1. The largest absolute Gasteiger partial charge is 0.394 e. The number of nitrogens with one attached hydrogen (secondary N) is 1. The van der Waals surface area contributed by atoms with E-state index < -0.39 is 124 Å². The van der Waals surface area contributed by atoms with Crippen molar-refractivity contribution in [3.8, 4) is 0 Å². The van der Waals surface area contributed by atoms with E-state index in [9.17, 15) is 61.0 Å². The fourth-order valence-electron chi connectivity index (χ4n) is 9.50. The first-order chi connectivity index (χ1) is 39.3. The molecule has 0 aromatic carbocycles. The average Bonchev–Trinajstić information content (AvgIpc) is 3.55. The summed E-state index contributed by atoms with van der Waals surface area (Å²) in [6.45, 7) is 1.44. The van der Waals surface area contributed by atoms with Crippen molar-refractivity contribution in [2.75, 3.05) is 26.4 Å². The summed E-state index contributed by atoms with van der Waals surface area (Å²) in [5, 5.41) is 119. The molecule has 0 saturated carbocycles. The van der Waals surface area contributed by atoms with Gasteiger partial charge in [0.1, 0.15) is 73.2 Å². The van der Waals surface area contributed by atoms with Gasteiger partial charge in [-0.3, -0.25) is 4.79 Å². The van der Waals surface area contributed by atoms with Gasteiger partial charge < -0.3 is 89.9 Å². The number of hydrogen-bond donors (Lipinski definition) is 12. The first-order valence-electron chi connectivity index (χ1n) is 30.0. The molecule has 0 spiro atoms. The Balaban J connectivity index is 1.30. The van der Waals surface area contributed by atoms with Gasteiger partial charge in [0.05, 0.1) is 38.6 Å². The van der Waals surface area contributed by atoms with Crippen LogP contribution in [0.1, 0.15) is 155 Å². The first-order valence-corrected chi connectivity index (χ1v) is 30.0. The number of aliphatic hydroxyl groups is 11. The molecule has 17 atom stereocenters. The van der Waals surface area contributed by atoms with Crippen molar-refractivity contribution in [2.24, 2.45) is 0 Å². The highest BCUT2D eigenvalue weighted by molar-refractivity contribution is 5.76. The molecule has 19 heteroatoms. The Labute approximate surface area is 482 Å². The highest BCUT2D eigenvalue weighted by atomic mass is 16.8. The lowest BCUT2D eigenvalue weighted by atomic mass is 9.96. The Morgan fingerprint density at radius 3 is 1.31 bits per heavy atom. The van der Waals surface area contributed by atoms with Gasteiger partial charge in [-0.25, -0.2) is 0 Å². The summed E-state index contributed by atoms with van der Waals surface area (Å²) in [7, 11) is 0. The van der Waals surface area contributed by atoms with Crippen LogP contribution >= 0.6 is 0 Å². The van der Waals surface area contributed by atoms with Crippen molar-refractivity contribution in [3.05, 3.63) is 97.2 Å². The van der Waals surface area contributed by atoms with Crippen molar-refractivity contribution < 1.29 is 89.4 Å². The lowest BCUT2D eigenvalue weighted by molar-refractivity contribution is -0.379. The third-order valence-electron chi connectivity index (χ3n) is 14.4. The normalized spacial score (nSPS) is 30.5. The summed E-state index contributed by atoms with van der Waals surface area (Å²) in [6.07, 6.45) is 29.2. The Morgan fingerprint density at radius 1 is 0.457 bits per heavy atom. The zero-order valence-electron chi connectivity index (χ0n) is 48.2. The molecule has 3 rings (SSSR count). The Hall–Kier alpha value is -3.29. The summed E-state index contributed by atoms with van der Waals surface area (Å²) >= 11 is 0. The first kappa shape index (κ1) is 72.0. The molecule has 3 aliphatic rings.